The van der Waals surface area contributed by atoms with Gasteiger partial charge in [-0.05, 0) is 30.9 Å². The van der Waals surface area contributed by atoms with Gasteiger partial charge in [0.25, 0.3) is 5.56 Å². The monoisotopic (exact) mass is 429 g/mol. The van der Waals surface area contributed by atoms with Crippen LogP contribution in [0.3, 0.4) is 0 Å². The molecule has 168 valence electrons. The number of nitrogen functional groups attached to an aromatic ring is 1. The number of fused-ring (bicyclic) bond motifs is 1. The molecule has 0 saturated heterocycles. The number of nitrogens with zero attached hydrogens (tertiary/aromatic N) is 5. The zero-order chi connectivity index (χ0) is 22.7. The molecule has 0 spiro atoms. The molecule has 3 rings (SSSR count). The Morgan fingerprint density at radius 1 is 1.32 bits per heavy atom. The van der Waals surface area contributed by atoms with E-state index in [4.69, 9.17) is 10.5 Å². The van der Waals surface area contributed by atoms with Crippen molar-refractivity contribution in [1.29, 1.82) is 0 Å². The third kappa shape index (κ3) is 4.79. The van der Waals surface area contributed by atoms with Gasteiger partial charge >= 0.3 is 5.69 Å². The van der Waals surface area contributed by atoms with E-state index in [0.717, 1.165) is 22.3 Å². The van der Waals surface area contributed by atoms with E-state index in [1.165, 1.54) is 4.57 Å². The Bertz CT molecular complexity index is 1180. The largest absolute Gasteiger partial charge is 0.385 e. The summed E-state index contributed by atoms with van der Waals surface area (Å²) < 4.78 is 8.36. The highest BCUT2D eigenvalue weighted by molar-refractivity contribution is 5.78. The smallest absolute Gasteiger partial charge is 0.330 e. The molecule has 0 aliphatic heterocycles. The molecule has 3 aromatic heterocycles. The third-order valence-corrected chi connectivity index (χ3v) is 5.15. The van der Waals surface area contributed by atoms with Gasteiger partial charge in [0.2, 0.25) is 0 Å². The lowest BCUT2D eigenvalue weighted by Crippen LogP contribution is -2.39. The van der Waals surface area contributed by atoms with Gasteiger partial charge < -0.3 is 15.4 Å². The lowest BCUT2D eigenvalue weighted by Gasteiger charge is -2.26. The molecular formula is C21H31N7O3. The first-order valence-electron chi connectivity index (χ1n) is 10.4. The van der Waals surface area contributed by atoms with Crippen LogP contribution in [-0.2, 0) is 24.9 Å². The van der Waals surface area contributed by atoms with Gasteiger partial charge in [-0.25, -0.2) is 9.78 Å². The summed E-state index contributed by atoms with van der Waals surface area (Å²) in [4.78, 5) is 34.0. The highest BCUT2D eigenvalue weighted by Crippen LogP contribution is 2.22. The number of hydrogen-bond donors (Lipinski definition) is 2. The van der Waals surface area contributed by atoms with Crippen molar-refractivity contribution in [2.45, 2.75) is 40.3 Å². The van der Waals surface area contributed by atoms with Gasteiger partial charge in [-0.3, -0.25) is 19.0 Å². The van der Waals surface area contributed by atoms with Crippen LogP contribution in [-0.4, -0.2) is 44.6 Å². The van der Waals surface area contributed by atoms with E-state index < -0.39 is 11.2 Å². The number of anilines is 2. The Hall–Kier alpha value is -3.14. The van der Waals surface area contributed by atoms with E-state index in [9.17, 15) is 9.59 Å². The second-order valence-corrected chi connectivity index (χ2v) is 8.19. The van der Waals surface area contributed by atoms with Crippen LogP contribution in [0.15, 0.2) is 21.9 Å². The number of aryl methyl sites for hydroxylation is 2. The van der Waals surface area contributed by atoms with Crippen molar-refractivity contribution in [1.82, 2.24) is 24.3 Å². The van der Waals surface area contributed by atoms with Crippen LogP contribution in [0.5, 0.6) is 0 Å². The minimum atomic E-state index is -0.495. The molecule has 0 unspecified atom stereocenters. The molecule has 0 atom stereocenters. The third-order valence-electron chi connectivity index (χ3n) is 5.15. The number of rotatable bonds is 9. The molecular weight excluding hydrogens is 398 g/mol. The molecule has 0 aliphatic carbocycles. The summed E-state index contributed by atoms with van der Waals surface area (Å²) in [5.74, 6) is 0.368. The summed E-state index contributed by atoms with van der Waals surface area (Å²) in [6.07, 6.45) is 2.47. The van der Waals surface area contributed by atoms with Gasteiger partial charge in [-0.15, -0.1) is 0 Å². The van der Waals surface area contributed by atoms with Crippen LogP contribution >= 0.6 is 0 Å². The Morgan fingerprint density at radius 2 is 2.06 bits per heavy atom. The molecule has 3 aromatic rings. The van der Waals surface area contributed by atoms with Gasteiger partial charge in [0.15, 0.2) is 5.65 Å². The van der Waals surface area contributed by atoms with Crippen molar-refractivity contribution < 1.29 is 4.74 Å². The zero-order valence-corrected chi connectivity index (χ0v) is 18.8. The van der Waals surface area contributed by atoms with Crippen LogP contribution in [0, 0.1) is 12.8 Å². The summed E-state index contributed by atoms with van der Waals surface area (Å²) in [6.45, 7) is 7.82. The van der Waals surface area contributed by atoms with Crippen molar-refractivity contribution in [2.24, 2.45) is 13.0 Å². The Kier molecular flexibility index (Phi) is 6.79. The molecule has 0 amide bonds. The number of methoxy groups -OCH3 is 1. The predicted molar refractivity (Wildman–Crippen MR) is 121 cm³/mol. The topological polar surface area (TPSA) is 124 Å². The van der Waals surface area contributed by atoms with E-state index in [0.29, 0.717) is 38.3 Å². The maximum atomic E-state index is 12.8. The molecule has 3 N–H and O–H groups in total. The maximum absolute atomic E-state index is 12.8. The molecule has 0 aliphatic rings. The maximum Gasteiger partial charge on any atom is 0.330 e. The zero-order valence-electron chi connectivity index (χ0n) is 18.8. The molecule has 10 heteroatoms. The minimum absolute atomic E-state index is 0.173. The van der Waals surface area contributed by atoms with Crippen molar-refractivity contribution in [2.75, 3.05) is 30.9 Å². The number of aromatic amines is 1. The first kappa shape index (κ1) is 22.5. The van der Waals surface area contributed by atoms with Crippen molar-refractivity contribution >= 4 is 22.5 Å². The van der Waals surface area contributed by atoms with Gasteiger partial charge in [0.05, 0.1) is 5.69 Å². The van der Waals surface area contributed by atoms with E-state index >= 15 is 0 Å². The second kappa shape index (κ2) is 9.34. The number of nitrogens with one attached hydrogen (secondary N) is 1. The standard InChI is InChI=1S/C21H31N7O3/c1-13(2)11-28-18(22)17(20(29)24-21(28)30)27(7-6-8-31-5)12-15-9-16-14(3)25-26(4)19(16)23-10-15/h9-10,13H,6-8,11-12,22H2,1-5H3,(H,24,29,30). The second-order valence-electron chi connectivity index (χ2n) is 8.19. The van der Waals surface area contributed by atoms with Crippen LogP contribution in [0.4, 0.5) is 11.5 Å². The summed E-state index contributed by atoms with van der Waals surface area (Å²) in [7, 11) is 3.49. The summed E-state index contributed by atoms with van der Waals surface area (Å²) in [5, 5.41) is 5.38. The quantitative estimate of drug-likeness (QED) is 0.493. The summed E-state index contributed by atoms with van der Waals surface area (Å²) in [5.41, 5.74) is 8.26. The SMILES string of the molecule is COCCCN(Cc1cnc2c(c1)c(C)nn2C)c1c(N)n(CC(C)C)c(=O)[nH]c1=O. The number of pyridine rings is 1. The molecule has 10 nitrogen and oxygen atoms in total. The number of ether oxygens (including phenoxy) is 1. The number of nitrogens with two attached hydrogens (primary N) is 1. The number of hydrogen-bond acceptors (Lipinski definition) is 7. The molecule has 0 saturated carbocycles. The fourth-order valence-electron chi connectivity index (χ4n) is 3.76. The molecule has 3 heterocycles. The van der Waals surface area contributed by atoms with Gasteiger partial charge in [0.1, 0.15) is 11.5 Å². The van der Waals surface area contributed by atoms with E-state index in [2.05, 4.69) is 15.1 Å². The predicted octanol–water partition coefficient (Wildman–Crippen LogP) is 1.41. The van der Waals surface area contributed by atoms with Crippen LogP contribution < -0.4 is 21.9 Å². The van der Waals surface area contributed by atoms with Crippen molar-refractivity contribution in [3.8, 4) is 0 Å². The minimum Gasteiger partial charge on any atom is -0.385 e. The van der Waals surface area contributed by atoms with Gasteiger partial charge in [0, 0.05) is 52.0 Å². The van der Waals surface area contributed by atoms with E-state index in [1.807, 2.05) is 38.8 Å². The lowest BCUT2D eigenvalue weighted by atomic mass is 10.2. The van der Waals surface area contributed by atoms with Gasteiger partial charge in [-0.1, -0.05) is 13.8 Å². The van der Waals surface area contributed by atoms with Crippen molar-refractivity contribution in [3.63, 3.8) is 0 Å². The summed E-state index contributed by atoms with van der Waals surface area (Å²) in [6, 6.07) is 2.03. The molecule has 0 fully saturated rings. The average molecular weight is 430 g/mol. The fourth-order valence-corrected chi connectivity index (χ4v) is 3.76. The average Bonchev–Trinajstić information content (AvgIpc) is 2.98. The molecule has 0 aromatic carbocycles. The molecule has 0 bridgehead atoms. The normalized spacial score (nSPS) is 11.5. The Balaban J connectivity index is 2.04. The van der Waals surface area contributed by atoms with Crippen LogP contribution in [0.25, 0.3) is 11.0 Å². The highest BCUT2D eigenvalue weighted by atomic mass is 16.5. The Morgan fingerprint density at radius 3 is 2.74 bits per heavy atom. The van der Waals surface area contributed by atoms with Gasteiger partial charge in [-0.2, -0.15) is 5.10 Å². The summed E-state index contributed by atoms with van der Waals surface area (Å²) >= 11 is 0. The van der Waals surface area contributed by atoms with Crippen molar-refractivity contribution in [3.05, 3.63) is 44.4 Å². The molecule has 31 heavy (non-hydrogen) atoms. The first-order chi connectivity index (χ1) is 14.7. The number of aromatic nitrogens is 5. The lowest BCUT2D eigenvalue weighted by molar-refractivity contribution is 0.196. The van der Waals surface area contributed by atoms with E-state index in [-0.39, 0.29) is 11.7 Å². The van der Waals surface area contributed by atoms with E-state index in [1.54, 1.807) is 18.0 Å². The number of H-pyrrole nitrogens is 1. The molecule has 0 radical (unpaired) electrons. The first-order valence-corrected chi connectivity index (χ1v) is 10.4. The van der Waals surface area contributed by atoms with Crippen LogP contribution in [0.1, 0.15) is 31.5 Å². The highest BCUT2D eigenvalue weighted by Gasteiger charge is 2.20. The fraction of sp³-hybridized carbons (Fsp3) is 0.524. The Labute approximate surface area is 180 Å². The van der Waals surface area contributed by atoms with Crippen LogP contribution in [0.2, 0.25) is 0 Å².